The largest absolute Gasteiger partial charge is 2.00 e. The van der Waals surface area contributed by atoms with Gasteiger partial charge in [-0.15, -0.1) is 0 Å². The summed E-state index contributed by atoms with van der Waals surface area (Å²) in [7, 11) is -5.17. The molecular formula is C6H15FeN3O10S. The Balaban J connectivity index is -0.0000000533. The average Bonchev–Trinajstić information content (AvgIpc) is 2.28. The second-order valence-corrected chi connectivity index (χ2v) is 3.02. The van der Waals surface area contributed by atoms with Crippen LogP contribution in [0.15, 0.2) is 0 Å². The first kappa shape index (κ1) is 31.9. The minimum atomic E-state index is -5.17. The SMILES string of the molecule is NCC(=O)O.NCC(=O)O.NCC(=O)O.O=S(=O)([O-])[O-].[Fe+2]. The zero-order chi connectivity index (χ0) is 17.4. The van der Waals surface area contributed by atoms with E-state index in [9.17, 15) is 14.4 Å². The maximum atomic E-state index is 9.24. The van der Waals surface area contributed by atoms with Gasteiger partial charge in [0.2, 0.25) is 0 Å². The van der Waals surface area contributed by atoms with E-state index in [1.807, 2.05) is 0 Å². The summed E-state index contributed by atoms with van der Waals surface area (Å²) >= 11 is 0. The molecule has 0 aromatic rings. The molecule has 0 aliphatic rings. The van der Waals surface area contributed by atoms with Crippen molar-refractivity contribution in [2.75, 3.05) is 19.6 Å². The zero-order valence-corrected chi connectivity index (χ0v) is 12.2. The standard InChI is InChI=1S/3C2H5NO2.Fe.H2O4S/c3*3-1-2(4)5;;1-5(2,3)4/h3*1,3H2,(H,4,5);;(H2,1,2,3,4)/q;;;+2;/p-2. The van der Waals surface area contributed by atoms with E-state index in [1.54, 1.807) is 0 Å². The molecule has 0 aliphatic carbocycles. The number of carboxylic acid groups (broad SMARTS) is 3. The molecule has 13 nitrogen and oxygen atoms in total. The van der Waals surface area contributed by atoms with Gasteiger partial charge < -0.3 is 41.6 Å². The molecule has 0 rings (SSSR count). The van der Waals surface area contributed by atoms with Gasteiger partial charge in [0.1, 0.15) is 0 Å². The maximum absolute atomic E-state index is 9.24. The second-order valence-electron chi connectivity index (χ2n) is 2.20. The van der Waals surface area contributed by atoms with Crippen molar-refractivity contribution in [2.24, 2.45) is 17.2 Å². The van der Waals surface area contributed by atoms with Crippen LogP contribution in [-0.2, 0) is 41.9 Å². The van der Waals surface area contributed by atoms with Gasteiger partial charge in [-0.3, -0.25) is 22.8 Å². The molecule has 0 radical (unpaired) electrons. The van der Waals surface area contributed by atoms with Crippen LogP contribution in [0, 0.1) is 0 Å². The van der Waals surface area contributed by atoms with Crippen LogP contribution in [0.5, 0.6) is 0 Å². The summed E-state index contributed by atoms with van der Waals surface area (Å²) in [6.45, 7) is -0.833. The topological polar surface area (TPSA) is 270 Å². The second kappa shape index (κ2) is 21.0. The van der Waals surface area contributed by atoms with Gasteiger partial charge in [0.25, 0.3) is 0 Å². The Morgan fingerprint density at radius 3 is 0.810 bits per heavy atom. The van der Waals surface area contributed by atoms with E-state index < -0.39 is 28.3 Å². The molecule has 0 saturated carbocycles. The molecule has 0 aliphatic heterocycles. The number of nitrogens with two attached hydrogens (primary N) is 3. The third-order valence-electron chi connectivity index (χ3n) is 0.524. The number of carboxylic acids is 3. The Kier molecular flexibility index (Phi) is 31.8. The van der Waals surface area contributed by atoms with E-state index in [0.717, 1.165) is 0 Å². The maximum Gasteiger partial charge on any atom is 2.00 e. The smallest absolute Gasteiger partial charge is 0.759 e. The fourth-order valence-electron chi connectivity index (χ4n) is 0. The molecule has 15 heteroatoms. The van der Waals surface area contributed by atoms with Crippen LogP contribution in [0.3, 0.4) is 0 Å². The first-order valence-corrected chi connectivity index (χ1v) is 5.57. The minimum Gasteiger partial charge on any atom is -0.759 e. The van der Waals surface area contributed by atoms with Crippen LogP contribution in [0.25, 0.3) is 0 Å². The molecule has 9 N–H and O–H groups in total. The number of hydrogen-bond acceptors (Lipinski definition) is 10. The Labute approximate surface area is 130 Å². The first-order chi connectivity index (χ1) is 8.81. The van der Waals surface area contributed by atoms with Gasteiger partial charge >= 0.3 is 35.0 Å². The van der Waals surface area contributed by atoms with Crippen molar-refractivity contribution in [1.29, 1.82) is 0 Å². The van der Waals surface area contributed by atoms with Crippen LogP contribution in [0.4, 0.5) is 0 Å². The Bertz CT molecular complexity index is 332. The Morgan fingerprint density at radius 1 is 0.762 bits per heavy atom. The summed E-state index contributed by atoms with van der Waals surface area (Å²) in [4.78, 5) is 27.7. The monoisotopic (exact) mass is 377 g/mol. The molecule has 0 aromatic heterocycles. The van der Waals surface area contributed by atoms with E-state index >= 15 is 0 Å². The summed E-state index contributed by atoms with van der Waals surface area (Å²) in [6, 6.07) is 0. The average molecular weight is 377 g/mol. The molecule has 21 heavy (non-hydrogen) atoms. The summed E-state index contributed by atoms with van der Waals surface area (Å²) in [5.74, 6) is -2.90. The van der Waals surface area contributed by atoms with Gasteiger partial charge in [-0.25, -0.2) is 0 Å². The van der Waals surface area contributed by atoms with Crippen molar-refractivity contribution in [3.8, 4) is 0 Å². The summed E-state index contributed by atoms with van der Waals surface area (Å²) < 4.78 is 34.1. The number of rotatable bonds is 3. The molecule has 0 unspecified atom stereocenters. The van der Waals surface area contributed by atoms with Crippen LogP contribution in [-0.4, -0.2) is 70.4 Å². The molecule has 0 saturated heterocycles. The van der Waals surface area contributed by atoms with Crippen molar-refractivity contribution in [3.63, 3.8) is 0 Å². The van der Waals surface area contributed by atoms with E-state index in [2.05, 4.69) is 17.2 Å². The predicted molar refractivity (Wildman–Crippen MR) is 60.5 cm³/mol. The quantitative estimate of drug-likeness (QED) is 0.155. The molecule has 0 bridgehead atoms. The van der Waals surface area contributed by atoms with Gasteiger partial charge in [-0.2, -0.15) is 0 Å². The van der Waals surface area contributed by atoms with Crippen LogP contribution >= 0.6 is 0 Å². The van der Waals surface area contributed by atoms with Crippen molar-refractivity contribution in [3.05, 3.63) is 0 Å². The van der Waals surface area contributed by atoms with Gasteiger partial charge in [-0.1, -0.05) is 0 Å². The molecule has 0 amide bonds. The molecule has 128 valence electrons. The number of aliphatic carboxylic acids is 3. The van der Waals surface area contributed by atoms with E-state index in [4.69, 9.17) is 32.8 Å². The molecule has 0 heterocycles. The first-order valence-electron chi connectivity index (χ1n) is 4.24. The van der Waals surface area contributed by atoms with Gasteiger partial charge in [-0.05, 0) is 0 Å². The fraction of sp³-hybridized carbons (Fsp3) is 0.500. The number of hydrogen-bond donors (Lipinski definition) is 6. The van der Waals surface area contributed by atoms with Crippen LogP contribution < -0.4 is 17.2 Å². The molecule has 0 atom stereocenters. The van der Waals surface area contributed by atoms with Crippen molar-refractivity contribution < 1.29 is 64.3 Å². The third kappa shape index (κ3) is 237. The van der Waals surface area contributed by atoms with Gasteiger partial charge in [0.05, 0.1) is 19.6 Å². The normalized spacial score (nSPS) is 8.05. The van der Waals surface area contributed by atoms with Crippen molar-refractivity contribution in [1.82, 2.24) is 0 Å². The van der Waals surface area contributed by atoms with Crippen molar-refractivity contribution in [2.45, 2.75) is 0 Å². The summed E-state index contributed by atoms with van der Waals surface area (Å²) in [5.41, 5.74) is 13.7. The molecule has 0 spiro atoms. The Morgan fingerprint density at radius 2 is 0.810 bits per heavy atom. The molecular weight excluding hydrogens is 362 g/mol. The van der Waals surface area contributed by atoms with Crippen molar-refractivity contribution >= 4 is 28.3 Å². The summed E-state index contributed by atoms with van der Waals surface area (Å²) in [5, 5.41) is 22.8. The minimum absolute atomic E-state index is 0. The van der Waals surface area contributed by atoms with E-state index in [-0.39, 0.29) is 36.7 Å². The fourth-order valence-corrected chi connectivity index (χ4v) is 0. The Hall–Kier alpha value is -1.32. The van der Waals surface area contributed by atoms with Gasteiger partial charge in [0.15, 0.2) is 0 Å². The summed E-state index contributed by atoms with van der Waals surface area (Å²) in [6.07, 6.45) is 0. The van der Waals surface area contributed by atoms with Crippen LogP contribution in [0.1, 0.15) is 0 Å². The third-order valence-corrected chi connectivity index (χ3v) is 0.524. The van der Waals surface area contributed by atoms with E-state index in [1.165, 1.54) is 0 Å². The molecule has 0 aromatic carbocycles. The number of carbonyl (C=O) groups is 3. The van der Waals surface area contributed by atoms with E-state index in [0.29, 0.717) is 0 Å². The van der Waals surface area contributed by atoms with Crippen LogP contribution in [0.2, 0.25) is 0 Å². The van der Waals surface area contributed by atoms with Gasteiger partial charge in [0, 0.05) is 10.4 Å². The molecule has 0 fully saturated rings. The predicted octanol–water partition coefficient (Wildman–Crippen LogP) is -4.25. The zero-order valence-electron chi connectivity index (χ0n) is 10.3.